The fraction of sp³-hybridized carbons (Fsp3) is 0.320. The van der Waals surface area contributed by atoms with Gasteiger partial charge in [-0.05, 0) is 28.7 Å². The van der Waals surface area contributed by atoms with E-state index in [2.05, 4.69) is 5.32 Å². The number of hydrogen-bond donors (Lipinski definition) is 2. The van der Waals surface area contributed by atoms with Gasteiger partial charge in [-0.15, -0.1) is 6.42 Å². The number of terminal acetylenes is 1. The molecular weight excluding hydrogens is 465 g/mol. The lowest BCUT2D eigenvalue weighted by molar-refractivity contribution is -0.161. The van der Waals surface area contributed by atoms with Crippen LogP contribution in [-0.4, -0.2) is 59.9 Å². The highest BCUT2D eigenvalue weighted by atomic mass is 19.4. The van der Waals surface area contributed by atoms with Gasteiger partial charge in [-0.1, -0.05) is 54.5 Å². The number of hydrogen-bond acceptors (Lipinski definition) is 4. The average Bonchev–Trinajstić information content (AvgIpc) is 3.12. The van der Waals surface area contributed by atoms with E-state index in [1.54, 1.807) is 0 Å². The van der Waals surface area contributed by atoms with Crippen molar-refractivity contribution in [3.8, 4) is 23.5 Å². The van der Waals surface area contributed by atoms with E-state index in [0.29, 0.717) is 4.90 Å². The molecule has 2 amide bonds. The first kappa shape index (κ1) is 25.6. The zero-order valence-corrected chi connectivity index (χ0v) is 18.5. The number of nitrogens with zero attached hydrogens (tertiary/aromatic N) is 1. The SMILES string of the molecule is C#CCN(CC(F)(F)F)C(=O)C(CCC(=O)O)NC(=O)OCC1c2ccccc2-c2ccccc21. The molecule has 0 fully saturated rings. The van der Waals surface area contributed by atoms with Crippen LogP contribution in [0.25, 0.3) is 11.1 Å². The highest BCUT2D eigenvalue weighted by Gasteiger charge is 2.36. The molecule has 3 rings (SSSR count). The Morgan fingerprint density at radius 1 is 1.09 bits per heavy atom. The van der Waals surface area contributed by atoms with E-state index < -0.39 is 56.1 Å². The number of ether oxygens (including phenoxy) is 1. The minimum Gasteiger partial charge on any atom is -0.481 e. The van der Waals surface area contributed by atoms with Crippen LogP contribution >= 0.6 is 0 Å². The van der Waals surface area contributed by atoms with Crippen LogP contribution < -0.4 is 5.32 Å². The first-order chi connectivity index (χ1) is 16.6. The minimum absolute atomic E-state index is 0.0870. The molecular formula is C25H23F3N2O5. The number of carboxylic acids is 1. The number of alkyl halides is 3. The summed E-state index contributed by atoms with van der Waals surface area (Å²) in [5.74, 6) is -0.728. The first-order valence-corrected chi connectivity index (χ1v) is 10.7. The van der Waals surface area contributed by atoms with E-state index in [0.717, 1.165) is 22.3 Å². The molecule has 1 aliphatic rings. The van der Waals surface area contributed by atoms with E-state index in [9.17, 15) is 27.6 Å². The lowest BCUT2D eigenvalue weighted by atomic mass is 9.98. The highest BCUT2D eigenvalue weighted by molar-refractivity contribution is 5.86. The maximum Gasteiger partial charge on any atom is 0.407 e. The van der Waals surface area contributed by atoms with Crippen molar-refractivity contribution in [3.05, 3.63) is 59.7 Å². The minimum atomic E-state index is -4.73. The maximum absolute atomic E-state index is 12.9. The van der Waals surface area contributed by atoms with Crippen LogP contribution in [0, 0.1) is 12.3 Å². The standard InChI is InChI=1S/C25H23F3N2O5/c1-2-13-30(15-25(26,27)28)23(33)21(11-12-22(31)32)29-24(34)35-14-20-18-9-5-3-7-16(18)17-8-4-6-10-19(17)20/h1,3-10,20-21H,11-15H2,(H,29,34)(H,31,32). The van der Waals surface area contributed by atoms with E-state index in [4.69, 9.17) is 16.3 Å². The topological polar surface area (TPSA) is 95.9 Å². The Morgan fingerprint density at radius 3 is 2.17 bits per heavy atom. The number of benzene rings is 2. The number of aliphatic carboxylic acids is 1. The van der Waals surface area contributed by atoms with Gasteiger partial charge in [-0.2, -0.15) is 13.2 Å². The third kappa shape index (κ3) is 6.53. The maximum atomic E-state index is 12.9. The summed E-state index contributed by atoms with van der Waals surface area (Å²) in [5, 5.41) is 11.2. The van der Waals surface area contributed by atoms with Crippen molar-refractivity contribution in [2.24, 2.45) is 0 Å². The molecule has 35 heavy (non-hydrogen) atoms. The van der Waals surface area contributed by atoms with E-state index in [-0.39, 0.29) is 12.5 Å². The molecule has 1 unspecified atom stereocenters. The number of amides is 2. The summed E-state index contributed by atoms with van der Waals surface area (Å²) in [5.41, 5.74) is 3.91. The fourth-order valence-electron chi connectivity index (χ4n) is 4.07. The lowest BCUT2D eigenvalue weighted by Gasteiger charge is -2.27. The van der Waals surface area contributed by atoms with Gasteiger partial charge < -0.3 is 20.1 Å². The molecule has 0 spiro atoms. The Labute approximate surface area is 199 Å². The zero-order valence-electron chi connectivity index (χ0n) is 18.5. The van der Waals surface area contributed by atoms with Gasteiger partial charge in [0.25, 0.3) is 0 Å². The molecule has 2 aromatic carbocycles. The third-order valence-corrected chi connectivity index (χ3v) is 5.54. The molecule has 1 aliphatic carbocycles. The van der Waals surface area contributed by atoms with Gasteiger partial charge in [0.05, 0.1) is 6.54 Å². The molecule has 0 saturated carbocycles. The fourth-order valence-corrected chi connectivity index (χ4v) is 4.07. The molecule has 0 heterocycles. The number of nitrogens with one attached hydrogen (secondary N) is 1. The van der Waals surface area contributed by atoms with Gasteiger partial charge in [-0.25, -0.2) is 4.79 Å². The summed E-state index contributed by atoms with van der Waals surface area (Å²) in [6.45, 7) is -2.38. The number of halogens is 3. The van der Waals surface area contributed by atoms with Crippen LogP contribution in [0.3, 0.4) is 0 Å². The van der Waals surface area contributed by atoms with Gasteiger partial charge in [0.2, 0.25) is 5.91 Å². The molecule has 0 aromatic heterocycles. The van der Waals surface area contributed by atoms with Crippen LogP contribution in [0.4, 0.5) is 18.0 Å². The number of alkyl carbamates (subject to hydrolysis) is 1. The van der Waals surface area contributed by atoms with Gasteiger partial charge in [0.1, 0.15) is 19.2 Å². The summed E-state index contributed by atoms with van der Waals surface area (Å²) in [7, 11) is 0. The predicted octanol–water partition coefficient (Wildman–Crippen LogP) is 3.78. The van der Waals surface area contributed by atoms with Crippen molar-refractivity contribution in [2.75, 3.05) is 19.7 Å². The summed E-state index contributed by atoms with van der Waals surface area (Å²) in [4.78, 5) is 36.6. The number of carbonyl (C=O) groups is 3. The summed E-state index contributed by atoms with van der Waals surface area (Å²) >= 11 is 0. The average molecular weight is 488 g/mol. The number of rotatable bonds is 9. The van der Waals surface area contributed by atoms with Crippen LogP contribution in [0.2, 0.25) is 0 Å². The van der Waals surface area contributed by atoms with Crippen molar-refractivity contribution in [1.82, 2.24) is 10.2 Å². The second-order valence-corrected chi connectivity index (χ2v) is 7.97. The Balaban J connectivity index is 1.72. The van der Waals surface area contributed by atoms with Crippen LogP contribution in [0.5, 0.6) is 0 Å². The molecule has 0 aliphatic heterocycles. The molecule has 0 bridgehead atoms. The predicted molar refractivity (Wildman–Crippen MR) is 120 cm³/mol. The van der Waals surface area contributed by atoms with Crippen molar-refractivity contribution in [1.29, 1.82) is 0 Å². The summed E-state index contributed by atoms with van der Waals surface area (Å²) in [6, 6.07) is 13.7. The Kier molecular flexibility index (Phi) is 8.02. The van der Waals surface area contributed by atoms with E-state index >= 15 is 0 Å². The molecule has 2 aromatic rings. The Morgan fingerprint density at radius 2 is 1.66 bits per heavy atom. The van der Waals surface area contributed by atoms with Gasteiger partial charge >= 0.3 is 18.2 Å². The third-order valence-electron chi connectivity index (χ3n) is 5.54. The van der Waals surface area contributed by atoms with Crippen LogP contribution in [0.15, 0.2) is 48.5 Å². The second kappa shape index (κ2) is 11.0. The monoisotopic (exact) mass is 488 g/mol. The van der Waals surface area contributed by atoms with Crippen molar-refractivity contribution >= 4 is 18.0 Å². The van der Waals surface area contributed by atoms with Gasteiger partial charge in [0.15, 0.2) is 0 Å². The summed E-state index contributed by atoms with van der Waals surface area (Å²) < 4.78 is 44.0. The zero-order chi connectivity index (χ0) is 25.6. The smallest absolute Gasteiger partial charge is 0.407 e. The lowest BCUT2D eigenvalue weighted by Crippen LogP contribution is -2.51. The van der Waals surface area contributed by atoms with Crippen LogP contribution in [0.1, 0.15) is 29.9 Å². The van der Waals surface area contributed by atoms with E-state index in [1.807, 2.05) is 54.5 Å². The number of fused-ring (bicyclic) bond motifs is 3. The van der Waals surface area contributed by atoms with Gasteiger partial charge in [0, 0.05) is 12.3 Å². The summed E-state index contributed by atoms with van der Waals surface area (Å²) in [6.07, 6.45) is -1.69. The molecule has 184 valence electrons. The Bertz CT molecular complexity index is 1100. The molecule has 0 saturated heterocycles. The molecule has 1 atom stereocenters. The van der Waals surface area contributed by atoms with Crippen molar-refractivity contribution in [3.63, 3.8) is 0 Å². The largest absolute Gasteiger partial charge is 0.481 e. The van der Waals surface area contributed by atoms with E-state index in [1.165, 1.54) is 0 Å². The highest BCUT2D eigenvalue weighted by Crippen LogP contribution is 2.44. The molecule has 10 heteroatoms. The number of carbonyl (C=O) groups excluding carboxylic acids is 2. The van der Waals surface area contributed by atoms with Crippen molar-refractivity contribution < 1.29 is 37.4 Å². The van der Waals surface area contributed by atoms with Crippen molar-refractivity contribution in [2.45, 2.75) is 31.0 Å². The number of carboxylic acid groups (broad SMARTS) is 1. The first-order valence-electron chi connectivity index (χ1n) is 10.7. The molecule has 0 radical (unpaired) electrons. The second-order valence-electron chi connectivity index (χ2n) is 7.97. The molecule has 2 N–H and O–H groups in total. The van der Waals surface area contributed by atoms with Crippen LogP contribution in [-0.2, 0) is 14.3 Å². The Hall–Kier alpha value is -4.00. The normalized spacial score (nSPS) is 13.2. The quantitative estimate of drug-likeness (QED) is 0.524. The van der Waals surface area contributed by atoms with Gasteiger partial charge in [-0.3, -0.25) is 9.59 Å². The molecule has 7 nitrogen and oxygen atoms in total.